The molecule has 2 rings (SSSR count). The summed E-state index contributed by atoms with van der Waals surface area (Å²) in [6, 6.07) is 3.38. The molecule has 1 aliphatic rings. The number of ether oxygens (including phenoxy) is 4. The molecule has 1 heterocycles. The van der Waals surface area contributed by atoms with Crippen molar-refractivity contribution in [3.63, 3.8) is 0 Å². The van der Waals surface area contributed by atoms with Gasteiger partial charge >= 0.3 is 5.97 Å². The second-order valence-electron chi connectivity index (χ2n) is 6.46. The Bertz CT molecular complexity index is 620. The fraction of sp³-hybridized carbons (Fsp3) is 0.579. The van der Waals surface area contributed by atoms with Crippen LogP contribution in [0.3, 0.4) is 0 Å². The van der Waals surface area contributed by atoms with E-state index in [1.807, 2.05) is 0 Å². The van der Waals surface area contributed by atoms with Gasteiger partial charge in [0.25, 0.3) is 5.91 Å². The highest BCUT2D eigenvalue weighted by Gasteiger charge is 2.22. The van der Waals surface area contributed by atoms with Gasteiger partial charge in [-0.15, -0.1) is 0 Å². The highest BCUT2D eigenvalue weighted by molar-refractivity contribution is 5.81. The van der Waals surface area contributed by atoms with Gasteiger partial charge < -0.3 is 23.8 Å². The highest BCUT2D eigenvalue weighted by Crippen LogP contribution is 2.38. The minimum Gasteiger partial charge on any atom is -0.493 e. The van der Waals surface area contributed by atoms with Crippen molar-refractivity contribution in [3.8, 4) is 17.2 Å². The highest BCUT2D eigenvalue weighted by atomic mass is 16.5. The van der Waals surface area contributed by atoms with Crippen molar-refractivity contribution in [2.75, 3.05) is 41.0 Å². The zero-order valence-electron chi connectivity index (χ0n) is 15.9. The summed E-state index contributed by atoms with van der Waals surface area (Å²) in [4.78, 5) is 26.1. The molecule has 0 radical (unpaired) electrons. The summed E-state index contributed by atoms with van der Waals surface area (Å²) in [6.45, 7) is 3.35. The first-order chi connectivity index (χ1) is 12.5. The molecule has 0 aliphatic carbocycles. The molecule has 0 unspecified atom stereocenters. The third-order valence-corrected chi connectivity index (χ3v) is 4.44. The molecule has 1 atom stereocenters. The van der Waals surface area contributed by atoms with Crippen LogP contribution in [0.4, 0.5) is 0 Å². The number of likely N-dealkylation sites (tertiary alicyclic amines) is 1. The Morgan fingerprint density at radius 3 is 2.31 bits per heavy atom. The molecule has 1 amide bonds. The summed E-state index contributed by atoms with van der Waals surface area (Å²) in [5.74, 6) is 1.26. The lowest BCUT2D eigenvalue weighted by molar-refractivity contribution is -0.152. The molecule has 0 spiro atoms. The van der Waals surface area contributed by atoms with Crippen LogP contribution in [-0.2, 0) is 20.7 Å². The van der Waals surface area contributed by atoms with E-state index in [4.69, 9.17) is 18.9 Å². The minimum absolute atomic E-state index is 0.0143. The molecule has 7 nitrogen and oxygen atoms in total. The molecule has 0 saturated carbocycles. The molecule has 144 valence electrons. The molecule has 7 heteroatoms. The lowest BCUT2D eigenvalue weighted by Crippen LogP contribution is -2.41. The number of piperidine rings is 1. The van der Waals surface area contributed by atoms with Gasteiger partial charge in [-0.05, 0) is 36.5 Å². The van der Waals surface area contributed by atoms with Crippen molar-refractivity contribution in [1.29, 1.82) is 0 Å². The summed E-state index contributed by atoms with van der Waals surface area (Å²) >= 11 is 0. The maximum atomic E-state index is 12.2. The topological polar surface area (TPSA) is 74.3 Å². The van der Waals surface area contributed by atoms with Crippen molar-refractivity contribution >= 4 is 11.9 Å². The predicted molar refractivity (Wildman–Crippen MR) is 95.7 cm³/mol. The zero-order chi connectivity index (χ0) is 19.1. The third-order valence-electron chi connectivity index (χ3n) is 4.44. The molecule has 26 heavy (non-hydrogen) atoms. The van der Waals surface area contributed by atoms with E-state index in [-0.39, 0.29) is 18.9 Å². The van der Waals surface area contributed by atoms with Crippen LogP contribution in [0, 0.1) is 5.92 Å². The molecule has 0 aromatic heterocycles. The Hall–Kier alpha value is -2.44. The van der Waals surface area contributed by atoms with E-state index < -0.39 is 5.97 Å². The van der Waals surface area contributed by atoms with Crippen LogP contribution in [-0.4, -0.2) is 57.8 Å². The van der Waals surface area contributed by atoms with E-state index in [0.29, 0.717) is 28.7 Å². The Kier molecular flexibility index (Phi) is 7.12. The van der Waals surface area contributed by atoms with Crippen molar-refractivity contribution in [3.05, 3.63) is 17.7 Å². The van der Waals surface area contributed by atoms with E-state index in [1.165, 1.54) is 21.3 Å². The number of hydrogen-bond donors (Lipinski definition) is 0. The summed E-state index contributed by atoms with van der Waals surface area (Å²) in [5.41, 5.74) is 0.656. The molecule has 1 aromatic carbocycles. The lowest BCUT2D eigenvalue weighted by atomic mass is 10.0. The van der Waals surface area contributed by atoms with Crippen LogP contribution in [0.5, 0.6) is 17.2 Å². The number of nitrogens with zero attached hydrogens (tertiary/aromatic N) is 1. The number of esters is 1. The maximum absolute atomic E-state index is 12.2. The van der Waals surface area contributed by atoms with Gasteiger partial charge in [-0.25, -0.2) is 0 Å². The molecule has 1 saturated heterocycles. The molecule has 0 N–H and O–H groups in total. The largest absolute Gasteiger partial charge is 0.493 e. The van der Waals surface area contributed by atoms with Crippen molar-refractivity contribution in [1.82, 2.24) is 4.90 Å². The zero-order valence-corrected chi connectivity index (χ0v) is 15.9. The van der Waals surface area contributed by atoms with Gasteiger partial charge in [-0.1, -0.05) is 6.92 Å². The van der Waals surface area contributed by atoms with Gasteiger partial charge in [-0.2, -0.15) is 0 Å². The van der Waals surface area contributed by atoms with E-state index >= 15 is 0 Å². The molecule has 1 fully saturated rings. The van der Waals surface area contributed by atoms with Gasteiger partial charge in [0.1, 0.15) is 0 Å². The number of carbonyl (C=O) groups is 2. The van der Waals surface area contributed by atoms with Crippen molar-refractivity contribution in [2.24, 2.45) is 5.92 Å². The SMILES string of the molecule is COc1cc(CC(=O)OCC(=O)N2CCC[C@@H](C)C2)cc(OC)c1OC. The van der Waals surface area contributed by atoms with Gasteiger partial charge in [0.2, 0.25) is 5.75 Å². The first kappa shape index (κ1) is 19.9. The Labute approximate surface area is 154 Å². The molecule has 1 aromatic rings. The average molecular weight is 365 g/mol. The normalized spacial score (nSPS) is 16.8. The van der Waals surface area contributed by atoms with Crippen LogP contribution in [0.25, 0.3) is 0 Å². The quantitative estimate of drug-likeness (QED) is 0.689. The van der Waals surface area contributed by atoms with Crippen LogP contribution in [0.1, 0.15) is 25.3 Å². The molecule has 1 aliphatic heterocycles. The van der Waals surface area contributed by atoms with Crippen LogP contribution in [0.15, 0.2) is 12.1 Å². The number of amides is 1. The smallest absolute Gasteiger partial charge is 0.310 e. The summed E-state index contributed by atoms with van der Waals surface area (Å²) in [5, 5.41) is 0. The summed E-state index contributed by atoms with van der Waals surface area (Å²) in [7, 11) is 4.54. The van der Waals surface area contributed by atoms with Crippen molar-refractivity contribution < 1.29 is 28.5 Å². The minimum atomic E-state index is -0.474. The molecular weight excluding hydrogens is 338 g/mol. The second kappa shape index (κ2) is 9.31. The Balaban J connectivity index is 1.94. The van der Waals surface area contributed by atoms with E-state index in [0.717, 1.165) is 25.9 Å². The third kappa shape index (κ3) is 5.03. The number of benzene rings is 1. The maximum Gasteiger partial charge on any atom is 0.310 e. The first-order valence-electron chi connectivity index (χ1n) is 8.70. The van der Waals surface area contributed by atoms with Crippen LogP contribution < -0.4 is 14.2 Å². The number of carbonyl (C=O) groups excluding carboxylic acids is 2. The Morgan fingerprint density at radius 1 is 1.12 bits per heavy atom. The summed E-state index contributed by atoms with van der Waals surface area (Å²) in [6.07, 6.45) is 2.14. The Morgan fingerprint density at radius 2 is 1.77 bits per heavy atom. The lowest BCUT2D eigenvalue weighted by Gasteiger charge is -2.30. The monoisotopic (exact) mass is 365 g/mol. The van der Waals surface area contributed by atoms with Gasteiger partial charge in [0.05, 0.1) is 27.8 Å². The first-order valence-corrected chi connectivity index (χ1v) is 8.70. The molecular formula is C19H27NO6. The number of rotatable bonds is 7. The van der Waals surface area contributed by atoms with Gasteiger partial charge in [-0.3, -0.25) is 9.59 Å². The fourth-order valence-corrected chi connectivity index (χ4v) is 3.10. The number of methoxy groups -OCH3 is 3. The van der Waals surface area contributed by atoms with Crippen LogP contribution in [0.2, 0.25) is 0 Å². The van der Waals surface area contributed by atoms with Crippen LogP contribution >= 0.6 is 0 Å². The predicted octanol–water partition coefficient (Wildman–Crippen LogP) is 2.06. The van der Waals surface area contributed by atoms with Gasteiger partial charge in [0.15, 0.2) is 18.1 Å². The molecule has 0 bridgehead atoms. The van der Waals surface area contributed by atoms with Crippen molar-refractivity contribution in [2.45, 2.75) is 26.2 Å². The summed E-state index contributed by atoms with van der Waals surface area (Å²) < 4.78 is 21.0. The average Bonchev–Trinajstić information content (AvgIpc) is 2.65. The standard InChI is InChI=1S/C19H27NO6/c1-13-6-5-7-20(11-13)17(21)12-26-18(22)10-14-8-15(23-2)19(25-4)16(9-14)24-3/h8-9,13H,5-7,10-12H2,1-4H3/t13-/m1/s1. The van der Waals surface area contributed by atoms with E-state index in [9.17, 15) is 9.59 Å². The van der Waals surface area contributed by atoms with Gasteiger partial charge in [0, 0.05) is 13.1 Å². The number of hydrogen-bond acceptors (Lipinski definition) is 6. The fourth-order valence-electron chi connectivity index (χ4n) is 3.10. The second-order valence-corrected chi connectivity index (χ2v) is 6.46. The van der Waals surface area contributed by atoms with E-state index in [2.05, 4.69) is 6.92 Å². The van der Waals surface area contributed by atoms with E-state index in [1.54, 1.807) is 17.0 Å².